The van der Waals surface area contributed by atoms with Crippen molar-refractivity contribution in [3.05, 3.63) is 48.3 Å². The Morgan fingerprint density at radius 2 is 2.17 bits per heavy atom. The average Bonchev–Trinajstić information content (AvgIpc) is 2.69. The predicted molar refractivity (Wildman–Crippen MR) is 93.3 cm³/mol. The number of aromatic nitrogens is 1. The Bertz CT molecular complexity index is 854. The second kappa shape index (κ2) is 6.92. The summed E-state index contributed by atoms with van der Waals surface area (Å²) < 4.78 is 27.5. The summed E-state index contributed by atoms with van der Waals surface area (Å²) in [5.74, 6) is -0.107. The zero-order valence-electron chi connectivity index (χ0n) is 13.0. The Kier molecular flexibility index (Phi) is 4.88. The standard InChI is InChI=1S/C16H17N3O3S2/c1-11-8-16(20)19-14-9-13(5-6-15(14)23-11)24(21,22)18-10-12-4-2-3-7-17-12/h2-7,9,11,18H,8,10H2,1H3,(H,19,20). The molecule has 0 saturated carbocycles. The summed E-state index contributed by atoms with van der Waals surface area (Å²) in [7, 11) is -3.69. The lowest BCUT2D eigenvalue weighted by Crippen LogP contribution is -2.24. The van der Waals surface area contributed by atoms with Gasteiger partial charge in [-0.15, -0.1) is 11.8 Å². The summed E-state index contributed by atoms with van der Waals surface area (Å²) in [5, 5.41) is 2.92. The van der Waals surface area contributed by atoms with Gasteiger partial charge in [0.05, 0.1) is 22.8 Å². The third-order valence-electron chi connectivity index (χ3n) is 3.51. The number of hydrogen-bond donors (Lipinski definition) is 2. The van der Waals surface area contributed by atoms with E-state index in [-0.39, 0.29) is 22.6 Å². The van der Waals surface area contributed by atoms with E-state index in [9.17, 15) is 13.2 Å². The number of carbonyl (C=O) groups excluding carboxylic acids is 1. The number of pyridine rings is 1. The molecular weight excluding hydrogens is 346 g/mol. The highest BCUT2D eigenvalue weighted by Crippen LogP contribution is 2.36. The molecule has 2 N–H and O–H groups in total. The molecule has 1 aromatic carbocycles. The van der Waals surface area contributed by atoms with E-state index in [1.54, 1.807) is 48.3 Å². The van der Waals surface area contributed by atoms with Crippen molar-refractivity contribution in [1.82, 2.24) is 9.71 Å². The van der Waals surface area contributed by atoms with Crippen molar-refractivity contribution < 1.29 is 13.2 Å². The maximum Gasteiger partial charge on any atom is 0.240 e. The maximum atomic E-state index is 12.5. The van der Waals surface area contributed by atoms with Crippen LogP contribution in [0.25, 0.3) is 0 Å². The van der Waals surface area contributed by atoms with Crippen molar-refractivity contribution in [2.24, 2.45) is 0 Å². The van der Waals surface area contributed by atoms with Gasteiger partial charge < -0.3 is 5.32 Å². The normalized spacial score (nSPS) is 17.7. The number of amides is 1. The molecule has 1 aliphatic heterocycles. The van der Waals surface area contributed by atoms with Crippen LogP contribution in [-0.2, 0) is 21.4 Å². The first-order valence-electron chi connectivity index (χ1n) is 7.44. The molecule has 0 fully saturated rings. The minimum atomic E-state index is -3.69. The largest absolute Gasteiger partial charge is 0.325 e. The van der Waals surface area contributed by atoms with Gasteiger partial charge in [0.25, 0.3) is 0 Å². The van der Waals surface area contributed by atoms with Crippen LogP contribution in [0.4, 0.5) is 5.69 Å². The first kappa shape index (κ1) is 16.9. The van der Waals surface area contributed by atoms with E-state index in [2.05, 4.69) is 15.0 Å². The Labute approximate surface area is 145 Å². The summed E-state index contributed by atoms with van der Waals surface area (Å²) in [6, 6.07) is 10.1. The monoisotopic (exact) mass is 363 g/mol. The van der Waals surface area contributed by atoms with Crippen LogP contribution in [0.1, 0.15) is 19.0 Å². The van der Waals surface area contributed by atoms with Crippen molar-refractivity contribution in [2.75, 3.05) is 5.32 Å². The molecule has 0 saturated heterocycles. The molecule has 2 heterocycles. The minimum Gasteiger partial charge on any atom is -0.325 e. The van der Waals surface area contributed by atoms with Crippen LogP contribution in [0.5, 0.6) is 0 Å². The van der Waals surface area contributed by atoms with Crippen molar-refractivity contribution in [3.8, 4) is 0 Å². The van der Waals surface area contributed by atoms with Crippen LogP contribution in [0, 0.1) is 0 Å². The predicted octanol–water partition coefficient (Wildman–Crippen LogP) is 2.38. The van der Waals surface area contributed by atoms with Crippen LogP contribution < -0.4 is 10.0 Å². The van der Waals surface area contributed by atoms with Gasteiger partial charge in [0.15, 0.2) is 0 Å². The van der Waals surface area contributed by atoms with E-state index in [0.717, 1.165) is 4.90 Å². The molecule has 0 aliphatic carbocycles. The van der Waals surface area contributed by atoms with E-state index in [1.807, 2.05) is 6.92 Å². The van der Waals surface area contributed by atoms with Gasteiger partial charge in [-0.2, -0.15) is 0 Å². The molecular formula is C16H17N3O3S2. The van der Waals surface area contributed by atoms with Gasteiger partial charge in [-0.05, 0) is 30.3 Å². The Morgan fingerprint density at radius 3 is 2.92 bits per heavy atom. The SMILES string of the molecule is CC1CC(=O)Nc2cc(S(=O)(=O)NCc3ccccn3)ccc2S1. The van der Waals surface area contributed by atoms with Crippen LogP contribution >= 0.6 is 11.8 Å². The van der Waals surface area contributed by atoms with Crippen LogP contribution in [-0.4, -0.2) is 24.6 Å². The van der Waals surface area contributed by atoms with Crippen molar-refractivity contribution in [3.63, 3.8) is 0 Å². The number of fused-ring (bicyclic) bond motifs is 1. The van der Waals surface area contributed by atoms with Gasteiger partial charge in [-0.25, -0.2) is 13.1 Å². The number of rotatable bonds is 4. The van der Waals surface area contributed by atoms with Crippen molar-refractivity contribution in [2.45, 2.75) is 34.9 Å². The second-order valence-corrected chi connectivity index (χ2v) is 8.73. The summed E-state index contributed by atoms with van der Waals surface area (Å²) >= 11 is 1.56. The van der Waals surface area contributed by atoms with Crippen molar-refractivity contribution in [1.29, 1.82) is 0 Å². The van der Waals surface area contributed by atoms with E-state index in [1.165, 1.54) is 6.07 Å². The molecule has 8 heteroatoms. The zero-order chi connectivity index (χ0) is 17.2. The number of thioether (sulfide) groups is 1. The molecule has 3 rings (SSSR count). The smallest absolute Gasteiger partial charge is 0.240 e. The number of benzene rings is 1. The summed E-state index contributed by atoms with van der Waals surface area (Å²) in [6.07, 6.45) is 2.01. The summed E-state index contributed by atoms with van der Waals surface area (Å²) in [4.78, 5) is 16.9. The number of nitrogens with zero attached hydrogens (tertiary/aromatic N) is 1. The Morgan fingerprint density at radius 1 is 1.33 bits per heavy atom. The van der Waals surface area contributed by atoms with Gasteiger partial charge in [0.1, 0.15) is 0 Å². The topological polar surface area (TPSA) is 88.2 Å². The number of anilines is 1. The van der Waals surface area contributed by atoms with Crippen LogP contribution in [0.15, 0.2) is 52.4 Å². The highest BCUT2D eigenvalue weighted by molar-refractivity contribution is 8.00. The van der Waals surface area contributed by atoms with Gasteiger partial charge >= 0.3 is 0 Å². The molecule has 126 valence electrons. The maximum absolute atomic E-state index is 12.5. The van der Waals surface area contributed by atoms with Crippen LogP contribution in [0.2, 0.25) is 0 Å². The lowest BCUT2D eigenvalue weighted by atomic mass is 10.3. The Balaban J connectivity index is 1.82. The van der Waals surface area contributed by atoms with E-state index in [4.69, 9.17) is 0 Å². The van der Waals surface area contributed by atoms with E-state index >= 15 is 0 Å². The number of hydrogen-bond acceptors (Lipinski definition) is 5. The van der Waals surface area contributed by atoms with Gasteiger partial charge in [-0.3, -0.25) is 9.78 Å². The zero-order valence-corrected chi connectivity index (χ0v) is 14.7. The van der Waals surface area contributed by atoms with Gasteiger partial charge in [0.2, 0.25) is 15.9 Å². The third-order valence-corrected chi connectivity index (χ3v) is 6.08. The molecule has 0 radical (unpaired) electrons. The first-order chi connectivity index (χ1) is 11.4. The van der Waals surface area contributed by atoms with E-state index < -0.39 is 10.0 Å². The second-order valence-electron chi connectivity index (χ2n) is 5.48. The highest BCUT2D eigenvalue weighted by atomic mass is 32.2. The molecule has 6 nitrogen and oxygen atoms in total. The quantitative estimate of drug-likeness (QED) is 0.871. The van der Waals surface area contributed by atoms with Gasteiger partial charge in [0, 0.05) is 22.8 Å². The molecule has 1 aromatic heterocycles. The highest BCUT2D eigenvalue weighted by Gasteiger charge is 2.22. The first-order valence-corrected chi connectivity index (χ1v) is 9.80. The molecule has 1 aliphatic rings. The third kappa shape index (κ3) is 3.95. The summed E-state index contributed by atoms with van der Waals surface area (Å²) in [5.41, 5.74) is 1.17. The van der Waals surface area contributed by atoms with Crippen LogP contribution in [0.3, 0.4) is 0 Å². The number of carbonyl (C=O) groups is 1. The fourth-order valence-corrected chi connectivity index (χ4v) is 4.43. The van der Waals surface area contributed by atoms with Gasteiger partial charge in [-0.1, -0.05) is 13.0 Å². The lowest BCUT2D eigenvalue weighted by Gasteiger charge is -2.11. The summed E-state index contributed by atoms with van der Waals surface area (Å²) in [6.45, 7) is 2.08. The van der Waals surface area contributed by atoms with Crippen molar-refractivity contribution >= 4 is 33.4 Å². The average molecular weight is 363 g/mol. The molecule has 2 aromatic rings. The number of sulfonamides is 1. The molecule has 0 bridgehead atoms. The fourth-order valence-electron chi connectivity index (χ4n) is 2.35. The molecule has 24 heavy (non-hydrogen) atoms. The van der Waals surface area contributed by atoms with E-state index in [0.29, 0.717) is 17.8 Å². The number of nitrogens with one attached hydrogen (secondary N) is 2. The molecule has 1 unspecified atom stereocenters. The molecule has 1 atom stereocenters. The minimum absolute atomic E-state index is 0.107. The Hall–Kier alpha value is -1.90. The molecule has 1 amide bonds. The lowest BCUT2D eigenvalue weighted by molar-refractivity contribution is -0.116. The molecule has 0 spiro atoms. The fraction of sp³-hybridized carbons (Fsp3) is 0.250.